The number of nitrogens with zero attached hydrogens (tertiary/aromatic N) is 1. The van der Waals surface area contributed by atoms with Gasteiger partial charge in [-0.15, -0.1) is 0 Å². The van der Waals surface area contributed by atoms with Gasteiger partial charge in [0.05, 0.1) is 12.3 Å². The summed E-state index contributed by atoms with van der Waals surface area (Å²) in [5, 5.41) is 16.0. The summed E-state index contributed by atoms with van der Waals surface area (Å²) in [6.45, 7) is 8.43. The van der Waals surface area contributed by atoms with E-state index >= 15 is 0 Å². The van der Waals surface area contributed by atoms with Gasteiger partial charge in [-0.2, -0.15) is 0 Å². The molecule has 0 amide bonds. The number of aliphatic imine (C=N–C) groups is 1. The highest BCUT2D eigenvalue weighted by atomic mass is 32.2. The Balaban J connectivity index is 2.84. The molecule has 0 aliphatic carbocycles. The van der Waals surface area contributed by atoms with Crippen LogP contribution in [0.1, 0.15) is 51.2 Å². The second kappa shape index (κ2) is 12.0. The Labute approximate surface area is 170 Å². The van der Waals surface area contributed by atoms with Crippen molar-refractivity contribution in [3.63, 3.8) is 0 Å². The highest BCUT2D eigenvalue weighted by Gasteiger charge is 2.25. The quantitative estimate of drug-likeness (QED) is 0.311. The topological polar surface area (TPSA) is 103 Å². The molecule has 0 atom stereocenters. The van der Waals surface area contributed by atoms with Crippen LogP contribution in [0.25, 0.3) is 0 Å². The van der Waals surface area contributed by atoms with Crippen molar-refractivity contribution in [1.82, 2.24) is 15.4 Å². The molecule has 0 bridgehead atoms. The molecule has 0 aromatic heterocycles. The van der Waals surface area contributed by atoms with Gasteiger partial charge in [0.1, 0.15) is 0 Å². The zero-order valence-corrected chi connectivity index (χ0v) is 18.4. The fourth-order valence-electron chi connectivity index (χ4n) is 3.07. The Morgan fingerprint density at radius 3 is 2.39 bits per heavy atom. The van der Waals surface area contributed by atoms with Crippen LogP contribution in [0.4, 0.5) is 0 Å². The predicted molar refractivity (Wildman–Crippen MR) is 116 cm³/mol. The van der Waals surface area contributed by atoms with Crippen molar-refractivity contribution in [1.29, 1.82) is 0 Å². The summed E-state index contributed by atoms with van der Waals surface area (Å²) in [6, 6.07) is 7.47. The molecule has 0 fully saturated rings. The van der Waals surface area contributed by atoms with E-state index in [1.165, 1.54) is 7.05 Å². The number of hydrogen-bond donors (Lipinski definition) is 4. The molecule has 4 N–H and O–H groups in total. The molecule has 0 unspecified atom stereocenters. The van der Waals surface area contributed by atoms with E-state index in [9.17, 15) is 13.5 Å². The van der Waals surface area contributed by atoms with Gasteiger partial charge >= 0.3 is 0 Å². The van der Waals surface area contributed by atoms with Crippen LogP contribution in [0.5, 0.6) is 0 Å². The largest absolute Gasteiger partial charge is 0.396 e. The highest BCUT2D eigenvalue weighted by molar-refractivity contribution is 7.88. The Bertz CT molecular complexity index is 716. The van der Waals surface area contributed by atoms with Gasteiger partial charge in [-0.3, -0.25) is 0 Å². The minimum absolute atomic E-state index is 0.0456. The van der Waals surface area contributed by atoms with E-state index in [0.29, 0.717) is 6.54 Å². The monoisotopic (exact) mass is 412 g/mol. The van der Waals surface area contributed by atoms with Crippen LogP contribution in [0, 0.1) is 5.41 Å². The number of nitrogens with one attached hydrogen (secondary N) is 3. The smallest absolute Gasteiger partial charge is 0.215 e. The molecule has 0 aliphatic heterocycles. The summed E-state index contributed by atoms with van der Waals surface area (Å²) in [7, 11) is -1.88. The van der Waals surface area contributed by atoms with Crippen LogP contribution in [-0.2, 0) is 22.3 Å². The Kier molecular flexibility index (Phi) is 10.5. The maximum Gasteiger partial charge on any atom is 0.215 e. The van der Waals surface area contributed by atoms with E-state index < -0.39 is 10.0 Å². The standard InChI is InChI=1S/C20H36N4O3S/c1-5-20(6-2,11-12-25)16-24-19(22-7-3)23-14-17-9-8-10-18(13-17)15-28(26,27)21-4/h8-10,13,21,25H,5-7,11-12,14-16H2,1-4H3,(H2,22,23,24). The molecule has 7 nitrogen and oxygen atoms in total. The number of aliphatic hydroxyl groups excluding tert-OH is 1. The molecule has 0 aliphatic rings. The lowest BCUT2D eigenvalue weighted by Crippen LogP contribution is -2.43. The minimum atomic E-state index is -3.30. The third-order valence-electron chi connectivity index (χ3n) is 5.20. The van der Waals surface area contributed by atoms with Gasteiger partial charge in [0.25, 0.3) is 0 Å². The molecule has 28 heavy (non-hydrogen) atoms. The van der Waals surface area contributed by atoms with E-state index in [1.54, 1.807) is 6.07 Å². The average molecular weight is 413 g/mol. The number of rotatable bonds is 12. The molecule has 1 rings (SSSR count). The summed E-state index contributed by atoms with van der Waals surface area (Å²) in [5.74, 6) is 0.677. The van der Waals surface area contributed by atoms with Crippen molar-refractivity contribution < 1.29 is 13.5 Å². The predicted octanol–water partition coefficient (Wildman–Crippen LogP) is 1.98. The third kappa shape index (κ3) is 8.16. The van der Waals surface area contributed by atoms with E-state index in [4.69, 9.17) is 0 Å². The van der Waals surface area contributed by atoms with Crippen molar-refractivity contribution >= 4 is 16.0 Å². The fraction of sp³-hybridized carbons (Fsp3) is 0.650. The zero-order valence-electron chi connectivity index (χ0n) is 17.6. The molecule has 0 saturated carbocycles. The molecule has 1 aromatic carbocycles. The molecular formula is C20H36N4O3S. The number of benzene rings is 1. The van der Waals surface area contributed by atoms with Crippen LogP contribution in [0.15, 0.2) is 29.3 Å². The first-order chi connectivity index (χ1) is 13.3. The molecule has 160 valence electrons. The molecule has 1 aromatic rings. The molecule has 0 spiro atoms. The van der Waals surface area contributed by atoms with E-state index in [0.717, 1.165) is 49.4 Å². The molecule has 8 heteroatoms. The van der Waals surface area contributed by atoms with Crippen molar-refractivity contribution in [3.8, 4) is 0 Å². The van der Waals surface area contributed by atoms with Crippen LogP contribution >= 0.6 is 0 Å². The first-order valence-corrected chi connectivity index (χ1v) is 11.6. The lowest BCUT2D eigenvalue weighted by atomic mass is 9.79. The second-order valence-corrected chi connectivity index (χ2v) is 8.94. The van der Waals surface area contributed by atoms with Gasteiger partial charge in [-0.05, 0) is 49.8 Å². The van der Waals surface area contributed by atoms with Gasteiger partial charge in [0.15, 0.2) is 5.96 Å². The highest BCUT2D eigenvalue weighted by Crippen LogP contribution is 2.29. The fourth-order valence-corrected chi connectivity index (χ4v) is 3.83. The molecule has 0 heterocycles. The number of hydrogen-bond acceptors (Lipinski definition) is 4. The van der Waals surface area contributed by atoms with Crippen LogP contribution in [0.2, 0.25) is 0 Å². The van der Waals surface area contributed by atoms with Gasteiger partial charge in [0, 0.05) is 19.7 Å². The Morgan fingerprint density at radius 1 is 1.14 bits per heavy atom. The summed E-state index contributed by atoms with van der Waals surface area (Å²) < 4.78 is 25.8. The Hall–Kier alpha value is -1.64. The molecular weight excluding hydrogens is 376 g/mol. The van der Waals surface area contributed by atoms with E-state index in [1.807, 2.05) is 25.1 Å². The van der Waals surface area contributed by atoms with Crippen molar-refractivity contribution in [2.24, 2.45) is 10.4 Å². The number of sulfonamides is 1. The summed E-state index contributed by atoms with van der Waals surface area (Å²) in [5.41, 5.74) is 1.74. The van der Waals surface area contributed by atoms with E-state index in [-0.39, 0.29) is 17.8 Å². The van der Waals surface area contributed by atoms with Crippen molar-refractivity contribution in [2.75, 3.05) is 26.7 Å². The summed E-state index contributed by atoms with van der Waals surface area (Å²) in [4.78, 5) is 4.64. The Morgan fingerprint density at radius 2 is 1.82 bits per heavy atom. The maximum atomic E-state index is 11.7. The molecule has 0 saturated heterocycles. The maximum absolute atomic E-state index is 11.7. The first kappa shape index (κ1) is 24.4. The lowest BCUT2D eigenvalue weighted by molar-refractivity contribution is 0.169. The van der Waals surface area contributed by atoms with Gasteiger partial charge in [-0.25, -0.2) is 18.1 Å². The first-order valence-electron chi connectivity index (χ1n) is 9.95. The number of aliphatic hydroxyl groups is 1. The van der Waals surface area contributed by atoms with Gasteiger partial charge < -0.3 is 15.7 Å². The summed E-state index contributed by atoms with van der Waals surface area (Å²) >= 11 is 0. The lowest BCUT2D eigenvalue weighted by Gasteiger charge is -2.32. The second-order valence-electron chi connectivity index (χ2n) is 7.01. The van der Waals surface area contributed by atoms with Crippen LogP contribution in [-0.4, -0.2) is 46.2 Å². The normalized spacial score (nSPS) is 12.8. The minimum Gasteiger partial charge on any atom is -0.396 e. The zero-order chi connectivity index (χ0) is 21.0. The third-order valence-corrected chi connectivity index (χ3v) is 6.53. The van der Waals surface area contributed by atoms with E-state index in [2.05, 4.69) is 34.2 Å². The van der Waals surface area contributed by atoms with Crippen molar-refractivity contribution in [2.45, 2.75) is 52.3 Å². The summed E-state index contributed by atoms with van der Waals surface area (Å²) in [6.07, 6.45) is 2.73. The number of guanidine groups is 1. The van der Waals surface area contributed by atoms with Crippen molar-refractivity contribution in [3.05, 3.63) is 35.4 Å². The van der Waals surface area contributed by atoms with Gasteiger partial charge in [-0.1, -0.05) is 38.1 Å². The SMILES string of the molecule is CCNC(=NCc1cccc(CS(=O)(=O)NC)c1)NCC(CC)(CC)CCO. The van der Waals surface area contributed by atoms with Gasteiger partial charge in [0.2, 0.25) is 10.0 Å². The average Bonchev–Trinajstić information content (AvgIpc) is 2.69. The van der Waals surface area contributed by atoms with Crippen LogP contribution in [0.3, 0.4) is 0 Å². The van der Waals surface area contributed by atoms with Crippen LogP contribution < -0.4 is 15.4 Å². The molecule has 0 radical (unpaired) electrons.